The SMILES string of the molecule is CC(=O)Nc1cnc2c(c1C1CCCCCCC1)CCO2. The fourth-order valence-electron chi connectivity index (χ4n) is 3.66. The van der Waals surface area contributed by atoms with E-state index in [1.807, 2.05) is 0 Å². The van der Waals surface area contributed by atoms with Crippen LogP contribution in [0.15, 0.2) is 6.20 Å². The van der Waals surface area contributed by atoms with Crippen LogP contribution in [0.1, 0.15) is 68.9 Å². The molecule has 2 heterocycles. The van der Waals surface area contributed by atoms with Crippen LogP contribution >= 0.6 is 0 Å². The summed E-state index contributed by atoms with van der Waals surface area (Å²) in [5.74, 6) is 1.29. The molecule has 1 aromatic heterocycles. The third-order valence-corrected chi connectivity index (χ3v) is 4.60. The molecule has 114 valence electrons. The highest BCUT2D eigenvalue weighted by Crippen LogP contribution is 2.41. The Morgan fingerprint density at radius 2 is 1.95 bits per heavy atom. The first-order valence-corrected chi connectivity index (χ1v) is 8.18. The molecule has 0 saturated heterocycles. The second kappa shape index (κ2) is 6.46. The Balaban J connectivity index is 1.96. The van der Waals surface area contributed by atoms with Gasteiger partial charge in [0, 0.05) is 18.9 Å². The molecule has 1 N–H and O–H groups in total. The van der Waals surface area contributed by atoms with Gasteiger partial charge in [-0.25, -0.2) is 4.98 Å². The molecule has 4 nitrogen and oxygen atoms in total. The number of hydrogen-bond donors (Lipinski definition) is 1. The topological polar surface area (TPSA) is 51.2 Å². The van der Waals surface area contributed by atoms with Gasteiger partial charge in [-0.1, -0.05) is 32.1 Å². The average molecular weight is 288 g/mol. The van der Waals surface area contributed by atoms with E-state index in [2.05, 4.69) is 10.3 Å². The van der Waals surface area contributed by atoms with Gasteiger partial charge in [-0.3, -0.25) is 4.79 Å². The van der Waals surface area contributed by atoms with Gasteiger partial charge in [0.05, 0.1) is 18.5 Å². The standard InChI is InChI=1S/C17H24N2O2/c1-12(20)19-15-11-18-17-14(9-10-21-17)16(15)13-7-5-3-2-4-6-8-13/h11,13H,2-10H2,1H3,(H,19,20). The lowest BCUT2D eigenvalue weighted by Crippen LogP contribution is -2.13. The molecule has 0 spiro atoms. The summed E-state index contributed by atoms with van der Waals surface area (Å²) >= 11 is 0. The van der Waals surface area contributed by atoms with Crippen molar-refractivity contribution in [3.63, 3.8) is 0 Å². The monoisotopic (exact) mass is 288 g/mol. The van der Waals surface area contributed by atoms with Crippen LogP contribution in [0.5, 0.6) is 5.88 Å². The summed E-state index contributed by atoms with van der Waals surface area (Å²) in [6.07, 6.45) is 11.7. The molecule has 0 radical (unpaired) electrons. The van der Waals surface area contributed by atoms with E-state index in [0.29, 0.717) is 12.5 Å². The lowest BCUT2D eigenvalue weighted by atomic mass is 9.83. The smallest absolute Gasteiger partial charge is 0.221 e. The number of ether oxygens (including phenoxy) is 1. The van der Waals surface area contributed by atoms with Gasteiger partial charge in [0.1, 0.15) is 0 Å². The molecule has 1 fully saturated rings. The fraction of sp³-hybridized carbons (Fsp3) is 0.647. The van der Waals surface area contributed by atoms with Gasteiger partial charge in [0.25, 0.3) is 0 Å². The van der Waals surface area contributed by atoms with Gasteiger partial charge < -0.3 is 10.1 Å². The van der Waals surface area contributed by atoms with E-state index >= 15 is 0 Å². The number of pyridine rings is 1. The minimum Gasteiger partial charge on any atom is -0.477 e. The van der Waals surface area contributed by atoms with Crippen molar-refractivity contribution in [3.05, 3.63) is 17.3 Å². The van der Waals surface area contributed by atoms with Gasteiger partial charge in [0.2, 0.25) is 11.8 Å². The molecule has 3 rings (SSSR count). The van der Waals surface area contributed by atoms with Crippen molar-refractivity contribution in [1.82, 2.24) is 4.98 Å². The highest BCUT2D eigenvalue weighted by atomic mass is 16.5. The molecule has 0 unspecified atom stereocenters. The zero-order valence-corrected chi connectivity index (χ0v) is 12.8. The number of anilines is 1. The van der Waals surface area contributed by atoms with Gasteiger partial charge >= 0.3 is 0 Å². The van der Waals surface area contributed by atoms with Crippen molar-refractivity contribution in [3.8, 4) is 5.88 Å². The van der Waals surface area contributed by atoms with Gasteiger partial charge in [-0.2, -0.15) is 0 Å². The van der Waals surface area contributed by atoms with E-state index in [9.17, 15) is 4.79 Å². The lowest BCUT2D eigenvalue weighted by Gasteiger charge is -2.24. The Bertz CT molecular complexity index is 520. The Hall–Kier alpha value is -1.58. The number of rotatable bonds is 2. The van der Waals surface area contributed by atoms with Crippen molar-refractivity contribution >= 4 is 11.6 Å². The first kappa shape index (κ1) is 14.4. The van der Waals surface area contributed by atoms with Crippen LogP contribution in [0.25, 0.3) is 0 Å². The Kier molecular flexibility index (Phi) is 4.42. The predicted octanol–water partition coefficient (Wildman–Crippen LogP) is 3.80. The van der Waals surface area contributed by atoms with Crippen LogP contribution in [0.4, 0.5) is 5.69 Å². The van der Waals surface area contributed by atoms with Gasteiger partial charge in [0.15, 0.2) is 0 Å². The highest BCUT2D eigenvalue weighted by molar-refractivity contribution is 5.89. The third kappa shape index (κ3) is 3.20. The molecular formula is C17H24N2O2. The molecule has 1 aromatic rings. The molecule has 1 aliphatic heterocycles. The summed E-state index contributed by atoms with van der Waals surface area (Å²) in [7, 11) is 0. The highest BCUT2D eigenvalue weighted by Gasteiger charge is 2.26. The molecule has 4 heteroatoms. The van der Waals surface area contributed by atoms with Crippen molar-refractivity contribution in [2.75, 3.05) is 11.9 Å². The summed E-state index contributed by atoms with van der Waals surface area (Å²) in [5, 5.41) is 2.98. The maximum Gasteiger partial charge on any atom is 0.221 e. The van der Waals surface area contributed by atoms with E-state index in [4.69, 9.17) is 4.74 Å². The molecular weight excluding hydrogens is 264 g/mol. The van der Waals surface area contributed by atoms with E-state index in [1.165, 1.54) is 56.1 Å². The first-order chi connectivity index (χ1) is 10.3. The largest absolute Gasteiger partial charge is 0.477 e. The van der Waals surface area contributed by atoms with Crippen LogP contribution in [0, 0.1) is 0 Å². The molecule has 21 heavy (non-hydrogen) atoms. The number of nitrogens with zero attached hydrogens (tertiary/aromatic N) is 1. The Labute approximate surface area is 126 Å². The third-order valence-electron chi connectivity index (χ3n) is 4.60. The zero-order chi connectivity index (χ0) is 14.7. The Morgan fingerprint density at radius 3 is 2.67 bits per heavy atom. The van der Waals surface area contributed by atoms with Crippen LogP contribution < -0.4 is 10.1 Å². The van der Waals surface area contributed by atoms with Crippen LogP contribution in [0.3, 0.4) is 0 Å². The summed E-state index contributed by atoms with van der Waals surface area (Å²) in [5.41, 5.74) is 3.43. The summed E-state index contributed by atoms with van der Waals surface area (Å²) < 4.78 is 5.62. The number of aromatic nitrogens is 1. The van der Waals surface area contributed by atoms with Crippen molar-refractivity contribution in [2.24, 2.45) is 0 Å². The van der Waals surface area contributed by atoms with Crippen LogP contribution in [0.2, 0.25) is 0 Å². The summed E-state index contributed by atoms with van der Waals surface area (Å²) in [6, 6.07) is 0. The normalized spacial score (nSPS) is 19.3. The molecule has 0 atom stereocenters. The second-order valence-electron chi connectivity index (χ2n) is 6.19. The number of amides is 1. The number of nitrogens with one attached hydrogen (secondary N) is 1. The molecule has 0 bridgehead atoms. The van der Waals surface area contributed by atoms with Gasteiger partial charge in [-0.05, 0) is 24.3 Å². The van der Waals surface area contributed by atoms with Crippen LogP contribution in [-0.4, -0.2) is 17.5 Å². The summed E-state index contributed by atoms with van der Waals surface area (Å²) in [6.45, 7) is 2.28. The molecule has 1 amide bonds. The van der Waals surface area contributed by atoms with Crippen LogP contribution in [-0.2, 0) is 11.2 Å². The quantitative estimate of drug-likeness (QED) is 0.900. The summed E-state index contributed by atoms with van der Waals surface area (Å²) in [4.78, 5) is 15.9. The molecule has 1 saturated carbocycles. The van der Waals surface area contributed by atoms with Crippen molar-refractivity contribution < 1.29 is 9.53 Å². The number of carbonyl (C=O) groups excluding carboxylic acids is 1. The fourth-order valence-corrected chi connectivity index (χ4v) is 3.66. The van der Waals surface area contributed by atoms with E-state index in [1.54, 1.807) is 13.1 Å². The predicted molar refractivity (Wildman–Crippen MR) is 82.8 cm³/mol. The van der Waals surface area contributed by atoms with Crippen molar-refractivity contribution in [1.29, 1.82) is 0 Å². The minimum atomic E-state index is -0.0252. The van der Waals surface area contributed by atoms with E-state index < -0.39 is 0 Å². The van der Waals surface area contributed by atoms with Gasteiger partial charge in [-0.15, -0.1) is 0 Å². The first-order valence-electron chi connectivity index (χ1n) is 8.18. The number of hydrogen-bond acceptors (Lipinski definition) is 3. The van der Waals surface area contributed by atoms with E-state index in [-0.39, 0.29) is 5.91 Å². The van der Waals surface area contributed by atoms with E-state index in [0.717, 1.165) is 18.0 Å². The second-order valence-corrected chi connectivity index (χ2v) is 6.19. The lowest BCUT2D eigenvalue weighted by molar-refractivity contribution is -0.114. The maximum atomic E-state index is 11.5. The maximum absolute atomic E-state index is 11.5. The minimum absolute atomic E-state index is 0.0252. The molecule has 2 aliphatic rings. The average Bonchev–Trinajstić information content (AvgIpc) is 2.87. The molecule has 0 aromatic carbocycles. The van der Waals surface area contributed by atoms with Crippen molar-refractivity contribution in [2.45, 2.75) is 64.2 Å². The molecule has 1 aliphatic carbocycles. The zero-order valence-electron chi connectivity index (χ0n) is 12.8. The Morgan fingerprint density at radius 1 is 1.24 bits per heavy atom. The number of fused-ring (bicyclic) bond motifs is 1. The number of carbonyl (C=O) groups is 1.